The van der Waals surface area contributed by atoms with Gasteiger partial charge in [0.25, 0.3) is 5.91 Å². The van der Waals surface area contributed by atoms with Crippen LogP contribution in [0.25, 0.3) is 10.2 Å². The van der Waals surface area contributed by atoms with Gasteiger partial charge in [0.05, 0.1) is 21.7 Å². The van der Waals surface area contributed by atoms with Crippen molar-refractivity contribution < 1.29 is 13.2 Å². The maximum absolute atomic E-state index is 13.2. The maximum atomic E-state index is 13.2. The minimum absolute atomic E-state index is 0.193. The van der Waals surface area contributed by atoms with Crippen molar-refractivity contribution in [2.75, 3.05) is 6.54 Å². The first kappa shape index (κ1) is 23.4. The van der Waals surface area contributed by atoms with Crippen molar-refractivity contribution in [3.05, 3.63) is 58.4 Å². The number of sulfonamides is 1. The summed E-state index contributed by atoms with van der Waals surface area (Å²) in [6, 6.07) is 12.0. The molecule has 1 unspecified atom stereocenters. The molecule has 1 aliphatic rings. The van der Waals surface area contributed by atoms with Gasteiger partial charge in [0.1, 0.15) is 6.04 Å². The number of aryl methyl sites for hydroxylation is 1. The number of carbonyl (C=O) groups excluding carboxylic acids is 1. The number of thiazole rings is 1. The van der Waals surface area contributed by atoms with Gasteiger partial charge < -0.3 is 4.57 Å². The summed E-state index contributed by atoms with van der Waals surface area (Å²) in [7, 11) is -3.79. The molecule has 1 saturated heterocycles. The second-order valence-electron chi connectivity index (χ2n) is 8.59. The summed E-state index contributed by atoms with van der Waals surface area (Å²) in [5.41, 5.74) is 3.09. The molecule has 1 aliphatic heterocycles. The number of hydrogen-bond donors (Lipinski definition) is 0. The van der Waals surface area contributed by atoms with E-state index in [4.69, 9.17) is 6.42 Å². The first-order chi connectivity index (χ1) is 15.7. The van der Waals surface area contributed by atoms with Crippen LogP contribution in [0.4, 0.5) is 0 Å². The van der Waals surface area contributed by atoms with Crippen molar-refractivity contribution >= 4 is 37.5 Å². The first-order valence-corrected chi connectivity index (χ1v) is 13.2. The van der Waals surface area contributed by atoms with Crippen molar-refractivity contribution in [2.45, 2.75) is 57.0 Å². The fourth-order valence-corrected chi connectivity index (χ4v) is 6.80. The van der Waals surface area contributed by atoms with Crippen molar-refractivity contribution in [3.63, 3.8) is 0 Å². The predicted molar refractivity (Wildman–Crippen MR) is 131 cm³/mol. The molecule has 4 rings (SSSR count). The third-order valence-corrected chi connectivity index (χ3v) is 8.91. The van der Waals surface area contributed by atoms with Gasteiger partial charge in [-0.3, -0.25) is 4.79 Å². The Labute approximate surface area is 198 Å². The van der Waals surface area contributed by atoms with Gasteiger partial charge in [-0.05, 0) is 55.5 Å². The molecule has 0 radical (unpaired) electrons. The van der Waals surface area contributed by atoms with Crippen LogP contribution in [0.3, 0.4) is 0 Å². The van der Waals surface area contributed by atoms with Gasteiger partial charge in [-0.1, -0.05) is 54.9 Å². The Bertz CT molecular complexity index is 1410. The SMILES string of the molecule is C#CCn1c(=NC(=O)C2CCCN2S(=O)(=O)c2ccc(C)cc2)sc2cc(C(C)C)ccc21. The number of terminal acetylenes is 1. The molecule has 8 heteroatoms. The zero-order valence-electron chi connectivity index (χ0n) is 19.0. The number of rotatable bonds is 5. The Morgan fingerprint density at radius 1 is 1.24 bits per heavy atom. The van der Waals surface area contributed by atoms with E-state index < -0.39 is 22.0 Å². The van der Waals surface area contributed by atoms with E-state index in [1.54, 1.807) is 24.3 Å². The molecular formula is C25H27N3O3S2. The van der Waals surface area contributed by atoms with E-state index in [2.05, 4.69) is 36.9 Å². The Balaban J connectivity index is 1.73. The summed E-state index contributed by atoms with van der Waals surface area (Å²) in [4.78, 5) is 18.3. The molecule has 0 spiro atoms. The lowest BCUT2D eigenvalue weighted by atomic mass is 10.0. The van der Waals surface area contributed by atoms with E-state index >= 15 is 0 Å². The molecule has 2 aromatic carbocycles. The van der Waals surface area contributed by atoms with E-state index in [1.165, 1.54) is 21.2 Å². The smallest absolute Gasteiger partial charge is 0.266 e. The number of hydrogen-bond acceptors (Lipinski definition) is 4. The minimum atomic E-state index is -3.79. The van der Waals surface area contributed by atoms with E-state index in [1.807, 2.05) is 17.6 Å². The van der Waals surface area contributed by atoms with Crippen LogP contribution >= 0.6 is 11.3 Å². The standard InChI is InChI=1S/C25H27N3O3S2/c1-5-14-27-21-13-10-19(17(2)3)16-23(21)32-25(27)26-24(29)22-7-6-15-28(22)33(30,31)20-11-8-18(4)9-12-20/h1,8-13,16-17,22H,6-7,14-15H2,2-4H3. The zero-order valence-corrected chi connectivity index (χ0v) is 20.6. The summed E-state index contributed by atoms with van der Waals surface area (Å²) in [5, 5.41) is 0. The molecule has 33 heavy (non-hydrogen) atoms. The van der Waals surface area contributed by atoms with Crippen LogP contribution in [0.1, 0.15) is 43.7 Å². The average molecular weight is 482 g/mol. The van der Waals surface area contributed by atoms with E-state index in [0.717, 1.165) is 15.8 Å². The number of carbonyl (C=O) groups is 1. The molecule has 3 aromatic rings. The van der Waals surface area contributed by atoms with Crippen LogP contribution < -0.4 is 4.80 Å². The average Bonchev–Trinajstić information content (AvgIpc) is 3.40. The molecule has 0 bridgehead atoms. The summed E-state index contributed by atoms with van der Waals surface area (Å²) >= 11 is 1.40. The molecule has 0 N–H and O–H groups in total. The molecule has 1 amide bonds. The normalized spacial score (nSPS) is 17.7. The molecule has 172 valence electrons. The highest BCUT2D eigenvalue weighted by atomic mass is 32.2. The predicted octanol–water partition coefficient (Wildman–Crippen LogP) is 4.05. The van der Waals surface area contributed by atoms with Gasteiger partial charge in [-0.25, -0.2) is 8.42 Å². The Morgan fingerprint density at radius 3 is 2.64 bits per heavy atom. The second kappa shape index (κ2) is 9.26. The quantitative estimate of drug-likeness (QED) is 0.516. The lowest BCUT2D eigenvalue weighted by molar-refractivity contribution is -0.121. The zero-order chi connectivity index (χ0) is 23.8. The van der Waals surface area contributed by atoms with Crippen molar-refractivity contribution in [3.8, 4) is 12.3 Å². The van der Waals surface area contributed by atoms with E-state index in [0.29, 0.717) is 30.1 Å². The molecule has 1 atom stereocenters. The highest BCUT2D eigenvalue weighted by Gasteiger charge is 2.39. The van der Waals surface area contributed by atoms with Crippen LogP contribution in [0, 0.1) is 19.3 Å². The van der Waals surface area contributed by atoms with Gasteiger partial charge in [-0.2, -0.15) is 9.30 Å². The van der Waals surface area contributed by atoms with Gasteiger partial charge >= 0.3 is 0 Å². The van der Waals surface area contributed by atoms with Crippen molar-refractivity contribution in [1.82, 2.24) is 8.87 Å². The van der Waals surface area contributed by atoms with Crippen LogP contribution in [0.2, 0.25) is 0 Å². The number of aromatic nitrogens is 1. The van der Waals surface area contributed by atoms with Crippen LogP contribution in [0.5, 0.6) is 0 Å². The summed E-state index contributed by atoms with van der Waals surface area (Å²) in [5.74, 6) is 2.55. The lowest BCUT2D eigenvalue weighted by Gasteiger charge is -2.21. The molecule has 2 heterocycles. The van der Waals surface area contributed by atoms with Gasteiger partial charge in [0.2, 0.25) is 10.0 Å². The lowest BCUT2D eigenvalue weighted by Crippen LogP contribution is -2.40. The molecule has 1 aromatic heterocycles. The minimum Gasteiger partial charge on any atom is -0.305 e. The third-order valence-electron chi connectivity index (χ3n) is 5.95. The number of amides is 1. The number of fused-ring (bicyclic) bond motifs is 1. The maximum Gasteiger partial charge on any atom is 0.266 e. The summed E-state index contributed by atoms with van der Waals surface area (Å²) in [6.07, 6.45) is 6.65. The van der Waals surface area contributed by atoms with Gasteiger partial charge in [0, 0.05) is 6.54 Å². The molecule has 0 aliphatic carbocycles. The largest absolute Gasteiger partial charge is 0.305 e. The van der Waals surface area contributed by atoms with E-state index in [9.17, 15) is 13.2 Å². The summed E-state index contributed by atoms with van der Waals surface area (Å²) in [6.45, 7) is 6.74. The van der Waals surface area contributed by atoms with Crippen LogP contribution in [0.15, 0.2) is 52.4 Å². The van der Waals surface area contributed by atoms with Gasteiger partial charge in [0.15, 0.2) is 4.80 Å². The molecular weight excluding hydrogens is 454 g/mol. The third kappa shape index (κ3) is 4.54. The molecule has 6 nitrogen and oxygen atoms in total. The fourth-order valence-electron chi connectivity index (χ4n) is 4.07. The van der Waals surface area contributed by atoms with E-state index in [-0.39, 0.29) is 11.4 Å². The highest BCUT2D eigenvalue weighted by Crippen LogP contribution is 2.28. The number of nitrogens with zero attached hydrogens (tertiary/aromatic N) is 3. The monoisotopic (exact) mass is 481 g/mol. The Kier molecular flexibility index (Phi) is 6.57. The Morgan fingerprint density at radius 2 is 1.97 bits per heavy atom. The van der Waals surface area contributed by atoms with Crippen LogP contribution in [-0.2, 0) is 21.4 Å². The van der Waals surface area contributed by atoms with Crippen molar-refractivity contribution in [2.24, 2.45) is 4.99 Å². The number of benzene rings is 2. The van der Waals surface area contributed by atoms with Crippen molar-refractivity contribution in [1.29, 1.82) is 0 Å². The second-order valence-corrected chi connectivity index (χ2v) is 11.5. The van der Waals surface area contributed by atoms with Crippen LogP contribution in [-0.4, -0.2) is 35.8 Å². The fraction of sp³-hybridized carbons (Fsp3) is 0.360. The highest BCUT2D eigenvalue weighted by molar-refractivity contribution is 7.89. The first-order valence-electron chi connectivity index (χ1n) is 11.0. The molecule has 0 saturated carbocycles. The molecule has 1 fully saturated rings. The Hall–Kier alpha value is -2.73. The topological polar surface area (TPSA) is 71.7 Å². The summed E-state index contributed by atoms with van der Waals surface area (Å²) < 4.78 is 30.6. The van der Waals surface area contributed by atoms with Gasteiger partial charge in [-0.15, -0.1) is 6.42 Å².